The van der Waals surface area contributed by atoms with E-state index in [2.05, 4.69) is 24.1 Å². The smallest absolute Gasteiger partial charge is 0.0280 e. The van der Waals surface area contributed by atoms with Crippen LogP contribution in [0.3, 0.4) is 0 Å². The van der Waals surface area contributed by atoms with Crippen LogP contribution in [0.4, 0.5) is 0 Å². The van der Waals surface area contributed by atoms with Crippen molar-refractivity contribution in [2.24, 2.45) is 5.92 Å². The molecule has 1 saturated heterocycles. The first kappa shape index (κ1) is 11.4. The Morgan fingerprint density at radius 1 is 1.33 bits per heavy atom. The number of nitrogens with one attached hydrogen (secondary N) is 1. The lowest BCUT2D eigenvalue weighted by Crippen LogP contribution is -2.49. The fraction of sp³-hybridized carbons (Fsp3) is 1.00. The van der Waals surface area contributed by atoms with E-state index in [9.17, 15) is 0 Å². The van der Waals surface area contributed by atoms with Crippen molar-refractivity contribution in [1.29, 1.82) is 0 Å². The Morgan fingerprint density at radius 2 is 2.13 bits per heavy atom. The molecule has 1 aliphatic heterocycles. The van der Waals surface area contributed by atoms with Crippen molar-refractivity contribution in [2.75, 3.05) is 26.2 Å². The van der Waals surface area contributed by atoms with Gasteiger partial charge in [0.2, 0.25) is 0 Å². The van der Waals surface area contributed by atoms with Gasteiger partial charge in [0, 0.05) is 18.6 Å². The van der Waals surface area contributed by atoms with E-state index in [4.69, 9.17) is 0 Å². The summed E-state index contributed by atoms with van der Waals surface area (Å²) in [4.78, 5) is 2.65. The first-order valence-corrected chi connectivity index (χ1v) is 6.69. The molecule has 1 heterocycles. The number of nitrogens with zero attached hydrogens (tertiary/aromatic N) is 1. The predicted octanol–water partition coefficient (Wildman–Crippen LogP) is 2.25. The number of rotatable bonds is 5. The van der Waals surface area contributed by atoms with Crippen LogP contribution in [-0.2, 0) is 0 Å². The van der Waals surface area contributed by atoms with Gasteiger partial charge in [-0.1, -0.05) is 13.3 Å². The molecule has 0 aromatic rings. The molecule has 1 aliphatic carbocycles. The highest BCUT2D eigenvalue weighted by molar-refractivity contribution is 4.91. The van der Waals surface area contributed by atoms with Gasteiger partial charge in [0.15, 0.2) is 0 Å². The third-order valence-electron chi connectivity index (χ3n) is 4.22. The zero-order chi connectivity index (χ0) is 10.7. The zero-order valence-corrected chi connectivity index (χ0v) is 10.4. The third kappa shape index (κ3) is 2.94. The lowest BCUT2D eigenvalue weighted by Gasteiger charge is -2.36. The maximum absolute atomic E-state index is 3.67. The lowest BCUT2D eigenvalue weighted by molar-refractivity contribution is 0.150. The highest BCUT2D eigenvalue weighted by Crippen LogP contribution is 2.28. The second-order valence-corrected chi connectivity index (χ2v) is 5.72. The normalized spacial score (nSPS) is 32.2. The van der Waals surface area contributed by atoms with Crippen LogP contribution >= 0.6 is 0 Å². The molecular weight excluding hydrogens is 184 g/mol. The van der Waals surface area contributed by atoms with Gasteiger partial charge in [-0.2, -0.15) is 0 Å². The molecule has 1 unspecified atom stereocenters. The molecule has 88 valence electrons. The molecule has 0 spiro atoms. The number of hydrogen-bond acceptors (Lipinski definition) is 2. The van der Waals surface area contributed by atoms with Gasteiger partial charge in [-0.05, 0) is 51.6 Å². The van der Waals surface area contributed by atoms with E-state index >= 15 is 0 Å². The first-order chi connectivity index (χ1) is 7.22. The number of likely N-dealkylation sites (N-methyl/N-ethyl adjacent to an activating group) is 1. The Kier molecular flexibility index (Phi) is 3.68. The number of hydrogen-bond donors (Lipinski definition) is 1. The van der Waals surface area contributed by atoms with Crippen molar-refractivity contribution in [3.63, 3.8) is 0 Å². The monoisotopic (exact) mass is 210 g/mol. The van der Waals surface area contributed by atoms with E-state index in [1.165, 1.54) is 58.3 Å². The zero-order valence-electron chi connectivity index (χ0n) is 10.4. The Bertz CT molecular complexity index is 193. The summed E-state index contributed by atoms with van der Waals surface area (Å²) in [6.45, 7) is 9.72. The molecule has 2 rings (SSSR count). The van der Waals surface area contributed by atoms with E-state index in [1.54, 1.807) is 0 Å². The molecule has 0 bridgehead atoms. The topological polar surface area (TPSA) is 15.3 Å². The summed E-state index contributed by atoms with van der Waals surface area (Å²) in [6.07, 6.45) is 7.13. The molecule has 0 radical (unpaired) electrons. The molecule has 2 nitrogen and oxygen atoms in total. The third-order valence-corrected chi connectivity index (χ3v) is 4.22. The van der Waals surface area contributed by atoms with Crippen LogP contribution in [0.5, 0.6) is 0 Å². The van der Waals surface area contributed by atoms with Gasteiger partial charge in [0.05, 0.1) is 0 Å². The summed E-state index contributed by atoms with van der Waals surface area (Å²) in [5.41, 5.74) is 0.403. The minimum Gasteiger partial charge on any atom is -0.310 e. The van der Waals surface area contributed by atoms with Crippen molar-refractivity contribution >= 4 is 0 Å². The molecule has 1 saturated carbocycles. The molecule has 2 aliphatic rings. The first-order valence-electron chi connectivity index (χ1n) is 6.69. The van der Waals surface area contributed by atoms with Crippen molar-refractivity contribution in [2.45, 2.75) is 51.5 Å². The summed E-state index contributed by atoms with van der Waals surface area (Å²) in [6, 6.07) is 0. The van der Waals surface area contributed by atoms with Gasteiger partial charge >= 0.3 is 0 Å². The molecule has 1 N–H and O–H groups in total. The maximum Gasteiger partial charge on any atom is 0.0280 e. The molecule has 0 aromatic heterocycles. The average molecular weight is 210 g/mol. The van der Waals surface area contributed by atoms with Crippen LogP contribution in [0.2, 0.25) is 0 Å². The summed E-state index contributed by atoms with van der Waals surface area (Å²) < 4.78 is 0. The van der Waals surface area contributed by atoms with Crippen LogP contribution in [0.15, 0.2) is 0 Å². The van der Waals surface area contributed by atoms with Crippen molar-refractivity contribution < 1.29 is 0 Å². The summed E-state index contributed by atoms with van der Waals surface area (Å²) >= 11 is 0. The van der Waals surface area contributed by atoms with Gasteiger partial charge in [0.1, 0.15) is 0 Å². The summed E-state index contributed by atoms with van der Waals surface area (Å²) in [5.74, 6) is 1.01. The molecule has 2 fully saturated rings. The fourth-order valence-corrected chi connectivity index (χ4v) is 2.93. The lowest BCUT2D eigenvalue weighted by atomic mass is 9.84. The largest absolute Gasteiger partial charge is 0.310 e. The Balaban J connectivity index is 1.78. The second-order valence-electron chi connectivity index (χ2n) is 5.72. The van der Waals surface area contributed by atoms with E-state index < -0.39 is 0 Å². The molecule has 0 aromatic carbocycles. The Hall–Kier alpha value is -0.0800. The van der Waals surface area contributed by atoms with E-state index in [0.717, 1.165) is 5.92 Å². The van der Waals surface area contributed by atoms with E-state index in [1.807, 2.05) is 0 Å². The molecule has 15 heavy (non-hydrogen) atoms. The Morgan fingerprint density at radius 3 is 2.60 bits per heavy atom. The maximum atomic E-state index is 3.67. The van der Waals surface area contributed by atoms with Crippen LogP contribution in [-0.4, -0.2) is 36.6 Å². The van der Waals surface area contributed by atoms with E-state index in [-0.39, 0.29) is 0 Å². The fourth-order valence-electron chi connectivity index (χ4n) is 2.93. The molecule has 0 amide bonds. The molecule has 1 atom stereocenters. The molecular formula is C13H26N2. The van der Waals surface area contributed by atoms with Crippen LogP contribution in [0.25, 0.3) is 0 Å². The summed E-state index contributed by atoms with van der Waals surface area (Å²) in [7, 11) is 0. The van der Waals surface area contributed by atoms with Crippen molar-refractivity contribution in [3.05, 3.63) is 0 Å². The van der Waals surface area contributed by atoms with Crippen LogP contribution in [0.1, 0.15) is 46.0 Å². The van der Waals surface area contributed by atoms with Crippen molar-refractivity contribution in [1.82, 2.24) is 10.2 Å². The minimum atomic E-state index is 0.403. The van der Waals surface area contributed by atoms with Gasteiger partial charge in [-0.25, -0.2) is 0 Å². The quantitative estimate of drug-likeness (QED) is 0.749. The Labute approximate surface area is 94.4 Å². The van der Waals surface area contributed by atoms with Gasteiger partial charge < -0.3 is 10.2 Å². The van der Waals surface area contributed by atoms with Crippen molar-refractivity contribution in [3.8, 4) is 0 Å². The summed E-state index contributed by atoms with van der Waals surface area (Å²) in [5, 5.41) is 3.67. The second kappa shape index (κ2) is 4.84. The highest BCUT2D eigenvalue weighted by atomic mass is 15.2. The van der Waals surface area contributed by atoms with Gasteiger partial charge in [0.25, 0.3) is 0 Å². The van der Waals surface area contributed by atoms with Gasteiger partial charge in [-0.15, -0.1) is 0 Å². The van der Waals surface area contributed by atoms with E-state index in [0.29, 0.717) is 5.54 Å². The predicted molar refractivity (Wildman–Crippen MR) is 65.1 cm³/mol. The SMILES string of the molecule is CCN(CC1CCC1)CC1(C)CCCN1. The minimum absolute atomic E-state index is 0.403. The van der Waals surface area contributed by atoms with Gasteiger partial charge in [-0.3, -0.25) is 0 Å². The van der Waals surface area contributed by atoms with Crippen LogP contribution in [0, 0.1) is 5.92 Å². The standard InChI is InChI=1S/C13H26N2/c1-3-15(10-12-6-4-7-12)11-13(2)8-5-9-14-13/h12,14H,3-11H2,1-2H3. The molecule has 2 heteroatoms. The highest BCUT2D eigenvalue weighted by Gasteiger charge is 2.31. The van der Waals surface area contributed by atoms with Crippen LogP contribution < -0.4 is 5.32 Å². The average Bonchev–Trinajstić information content (AvgIpc) is 2.57.